The highest BCUT2D eigenvalue weighted by atomic mass is 127. The minimum absolute atomic E-state index is 0.0938. The first-order chi connectivity index (χ1) is 11.1. The maximum atomic E-state index is 9.68. The van der Waals surface area contributed by atoms with Gasteiger partial charge in [0.1, 0.15) is 0 Å². The number of carboxylic acids is 2. The second-order valence-electron chi connectivity index (χ2n) is 4.99. The molecule has 0 aromatic heterocycles. The predicted octanol–water partition coefficient (Wildman–Crippen LogP) is 3.43. The van der Waals surface area contributed by atoms with Gasteiger partial charge in [0.2, 0.25) is 0 Å². The summed E-state index contributed by atoms with van der Waals surface area (Å²) in [6.07, 6.45) is 0.188. The van der Waals surface area contributed by atoms with Crippen LogP contribution in [0, 0.1) is 24.3 Å². The van der Waals surface area contributed by atoms with Gasteiger partial charge in [0.25, 0.3) is 0 Å². The summed E-state index contributed by atoms with van der Waals surface area (Å²) >= 11 is 2.39. The maximum Gasteiger partial charge on any atom is 0.305 e. The van der Waals surface area contributed by atoms with Crippen LogP contribution < -0.4 is 0 Å². The van der Waals surface area contributed by atoms with Crippen molar-refractivity contribution in [3.05, 3.63) is 32.4 Å². The van der Waals surface area contributed by atoms with Gasteiger partial charge < -0.3 is 19.7 Å². The zero-order valence-corrected chi connectivity index (χ0v) is 17.0. The van der Waals surface area contributed by atoms with E-state index in [1.54, 1.807) is 0 Å². The number of rotatable bonds is 6. The summed E-state index contributed by atoms with van der Waals surface area (Å²) in [6, 6.07) is 4.43. The van der Waals surface area contributed by atoms with Gasteiger partial charge in [0.15, 0.2) is 0 Å². The van der Waals surface area contributed by atoms with Gasteiger partial charge in [-0.3, -0.25) is 9.59 Å². The quantitative estimate of drug-likeness (QED) is 0.640. The third kappa shape index (κ3) is 15.7. The topological polar surface area (TPSA) is 93.1 Å². The number of aryl methyl sites for hydroxylation is 3. The molecule has 24 heavy (non-hydrogen) atoms. The van der Waals surface area contributed by atoms with E-state index in [9.17, 15) is 9.59 Å². The number of hydrogen-bond acceptors (Lipinski definition) is 4. The van der Waals surface area contributed by atoms with Gasteiger partial charge in [-0.2, -0.15) is 0 Å². The molecule has 0 aliphatic carbocycles. The number of ether oxygens (including phenoxy) is 2. The van der Waals surface area contributed by atoms with Crippen LogP contribution in [0.25, 0.3) is 0 Å². The molecule has 138 valence electrons. The fraction of sp³-hybridized carbons (Fsp3) is 0.529. The van der Waals surface area contributed by atoms with E-state index in [1.807, 2.05) is 0 Å². The van der Waals surface area contributed by atoms with E-state index in [-0.39, 0.29) is 12.8 Å². The number of benzene rings is 1. The van der Waals surface area contributed by atoms with Crippen molar-refractivity contribution >= 4 is 34.5 Å². The van der Waals surface area contributed by atoms with Crippen LogP contribution >= 0.6 is 22.6 Å². The van der Waals surface area contributed by atoms with Crippen molar-refractivity contribution in [2.45, 2.75) is 33.6 Å². The summed E-state index contributed by atoms with van der Waals surface area (Å²) < 4.78 is 10.3. The van der Waals surface area contributed by atoms with Crippen molar-refractivity contribution in [3.8, 4) is 0 Å². The lowest BCUT2D eigenvalue weighted by atomic mass is 10.1. The van der Waals surface area contributed by atoms with E-state index < -0.39 is 11.9 Å². The summed E-state index contributed by atoms with van der Waals surface area (Å²) in [4.78, 5) is 19.4. The molecule has 0 aliphatic rings. The van der Waals surface area contributed by atoms with Gasteiger partial charge in [-0.05, 0) is 54.5 Å². The normalized spacial score (nSPS) is 9.25. The Balaban J connectivity index is 0. The highest BCUT2D eigenvalue weighted by molar-refractivity contribution is 14.1. The Hall–Kier alpha value is -1.19. The van der Waals surface area contributed by atoms with Crippen LogP contribution in [-0.2, 0) is 19.1 Å². The van der Waals surface area contributed by atoms with Gasteiger partial charge in [0.05, 0.1) is 26.1 Å². The van der Waals surface area contributed by atoms with Crippen LogP contribution in [0.4, 0.5) is 0 Å². The first-order valence-electron chi connectivity index (χ1n) is 7.30. The SMILES string of the molecule is COCCC(=O)O.COCCC(=O)O.Cc1cc(C)c(I)c(C)c1. The fourth-order valence-corrected chi connectivity index (χ4v) is 1.85. The Morgan fingerprint density at radius 2 is 1.25 bits per heavy atom. The number of aliphatic carboxylic acids is 2. The molecule has 0 amide bonds. The van der Waals surface area contributed by atoms with Gasteiger partial charge in [0, 0.05) is 17.8 Å². The van der Waals surface area contributed by atoms with Crippen molar-refractivity contribution in [2.24, 2.45) is 0 Å². The summed E-state index contributed by atoms with van der Waals surface area (Å²) in [7, 11) is 2.95. The van der Waals surface area contributed by atoms with Gasteiger partial charge >= 0.3 is 11.9 Å². The number of hydrogen-bond donors (Lipinski definition) is 2. The monoisotopic (exact) mass is 454 g/mol. The molecule has 0 radical (unpaired) electrons. The second-order valence-corrected chi connectivity index (χ2v) is 6.06. The van der Waals surface area contributed by atoms with Crippen LogP contribution in [0.15, 0.2) is 12.1 Å². The summed E-state index contributed by atoms with van der Waals surface area (Å²) in [5, 5.41) is 15.9. The molecule has 6 nitrogen and oxygen atoms in total. The van der Waals surface area contributed by atoms with E-state index in [0.29, 0.717) is 13.2 Å². The van der Waals surface area contributed by atoms with Crippen LogP contribution in [0.3, 0.4) is 0 Å². The zero-order chi connectivity index (χ0) is 19.1. The van der Waals surface area contributed by atoms with E-state index in [0.717, 1.165) is 0 Å². The molecule has 0 fully saturated rings. The van der Waals surface area contributed by atoms with Crippen molar-refractivity contribution in [1.82, 2.24) is 0 Å². The molecular weight excluding hydrogens is 427 g/mol. The van der Waals surface area contributed by atoms with Crippen LogP contribution in [-0.4, -0.2) is 49.6 Å². The number of carbonyl (C=O) groups is 2. The largest absolute Gasteiger partial charge is 0.481 e. The molecule has 7 heteroatoms. The van der Waals surface area contributed by atoms with Gasteiger partial charge in [-0.1, -0.05) is 17.7 Å². The molecule has 0 bridgehead atoms. The van der Waals surface area contributed by atoms with Crippen molar-refractivity contribution in [3.63, 3.8) is 0 Å². The number of methoxy groups -OCH3 is 2. The molecule has 1 rings (SSSR count). The molecular formula is C17H27IO6. The average Bonchev–Trinajstić information content (AvgIpc) is 2.49. The minimum atomic E-state index is -0.818. The van der Waals surface area contributed by atoms with Crippen molar-refractivity contribution < 1.29 is 29.3 Å². The molecule has 0 saturated heterocycles. The molecule has 0 atom stereocenters. The first kappa shape index (κ1) is 25.1. The minimum Gasteiger partial charge on any atom is -0.481 e. The third-order valence-electron chi connectivity index (χ3n) is 2.62. The van der Waals surface area contributed by atoms with Crippen molar-refractivity contribution in [1.29, 1.82) is 0 Å². The Morgan fingerprint density at radius 1 is 0.917 bits per heavy atom. The molecule has 0 heterocycles. The number of carboxylic acid groups (broad SMARTS) is 2. The molecule has 2 N–H and O–H groups in total. The molecule has 1 aromatic rings. The summed E-state index contributed by atoms with van der Waals surface area (Å²) in [5.74, 6) is -1.64. The molecule has 0 unspecified atom stereocenters. The summed E-state index contributed by atoms with van der Waals surface area (Å²) in [6.45, 7) is 7.05. The van der Waals surface area contributed by atoms with E-state index in [1.165, 1.54) is 34.5 Å². The second kappa shape index (κ2) is 15.3. The highest BCUT2D eigenvalue weighted by Crippen LogP contribution is 2.17. The van der Waals surface area contributed by atoms with Crippen molar-refractivity contribution in [2.75, 3.05) is 27.4 Å². The van der Waals surface area contributed by atoms with E-state index in [2.05, 4.69) is 65.0 Å². The predicted molar refractivity (Wildman–Crippen MR) is 102 cm³/mol. The molecule has 0 saturated carbocycles. The smallest absolute Gasteiger partial charge is 0.305 e. The Bertz CT molecular complexity index is 461. The highest BCUT2D eigenvalue weighted by Gasteiger charge is 1.97. The Labute approximate surface area is 157 Å². The van der Waals surface area contributed by atoms with Gasteiger partial charge in [-0.15, -0.1) is 0 Å². The Kier molecular flexibility index (Phi) is 16.0. The standard InChI is InChI=1S/C9H11I.2C4H8O3/c1-6-4-7(2)9(10)8(3)5-6;2*1-7-3-2-4(5)6/h4-5H,1-3H3;2*2-3H2,1H3,(H,5,6). The van der Waals surface area contributed by atoms with Crippen LogP contribution in [0.5, 0.6) is 0 Å². The average molecular weight is 454 g/mol. The third-order valence-corrected chi connectivity index (χ3v) is 4.32. The van der Waals surface area contributed by atoms with E-state index >= 15 is 0 Å². The lowest BCUT2D eigenvalue weighted by Crippen LogP contribution is -1.99. The molecule has 0 spiro atoms. The lowest BCUT2D eigenvalue weighted by molar-refractivity contribution is -0.139. The molecule has 0 aliphatic heterocycles. The first-order valence-corrected chi connectivity index (χ1v) is 8.38. The van der Waals surface area contributed by atoms with Gasteiger partial charge in [-0.25, -0.2) is 0 Å². The summed E-state index contributed by atoms with van der Waals surface area (Å²) in [5.41, 5.74) is 4.13. The van der Waals surface area contributed by atoms with E-state index in [4.69, 9.17) is 10.2 Å². The molecule has 1 aromatic carbocycles. The Morgan fingerprint density at radius 3 is 1.46 bits per heavy atom. The number of halogens is 1. The maximum absolute atomic E-state index is 9.68. The fourth-order valence-electron chi connectivity index (χ4n) is 1.54. The van der Waals surface area contributed by atoms with Crippen LogP contribution in [0.2, 0.25) is 0 Å². The lowest BCUT2D eigenvalue weighted by Gasteiger charge is -2.03. The zero-order valence-electron chi connectivity index (χ0n) is 14.9. The van der Waals surface area contributed by atoms with Crippen LogP contribution in [0.1, 0.15) is 29.5 Å².